The molecule has 102 valence electrons. The SMILES string of the molecule is CC1CCC(C(N)=O)CN1C(=O)CCCC(=O)O. The molecule has 0 aromatic heterocycles. The number of carboxylic acid groups (broad SMARTS) is 1. The Labute approximate surface area is 106 Å². The van der Waals surface area contributed by atoms with E-state index in [0.29, 0.717) is 13.0 Å². The van der Waals surface area contributed by atoms with Crippen molar-refractivity contribution in [1.82, 2.24) is 4.90 Å². The maximum absolute atomic E-state index is 11.9. The molecule has 0 aliphatic carbocycles. The number of carbonyl (C=O) groups is 3. The summed E-state index contributed by atoms with van der Waals surface area (Å²) in [5.74, 6) is -1.63. The Balaban J connectivity index is 2.48. The molecular weight excluding hydrogens is 236 g/mol. The normalized spacial score (nSPS) is 23.7. The molecule has 2 unspecified atom stereocenters. The lowest BCUT2D eigenvalue weighted by Crippen LogP contribution is -2.48. The predicted octanol–water partition coefficient (Wildman–Crippen LogP) is 0.354. The molecule has 1 aliphatic rings. The van der Waals surface area contributed by atoms with Gasteiger partial charge in [0.2, 0.25) is 11.8 Å². The van der Waals surface area contributed by atoms with Gasteiger partial charge in [-0.2, -0.15) is 0 Å². The first-order valence-corrected chi connectivity index (χ1v) is 6.22. The highest BCUT2D eigenvalue weighted by Crippen LogP contribution is 2.22. The summed E-state index contributed by atoms with van der Waals surface area (Å²) >= 11 is 0. The molecule has 0 spiro atoms. The fourth-order valence-corrected chi connectivity index (χ4v) is 2.22. The fraction of sp³-hybridized carbons (Fsp3) is 0.750. The minimum atomic E-state index is -0.899. The van der Waals surface area contributed by atoms with Crippen LogP contribution in [0.15, 0.2) is 0 Å². The number of nitrogens with two attached hydrogens (primary N) is 1. The molecule has 1 saturated heterocycles. The largest absolute Gasteiger partial charge is 0.481 e. The minimum absolute atomic E-state index is 0.00674. The summed E-state index contributed by atoms with van der Waals surface area (Å²) in [6.07, 6.45) is 2.02. The molecule has 2 amide bonds. The van der Waals surface area contributed by atoms with E-state index in [1.807, 2.05) is 6.92 Å². The van der Waals surface area contributed by atoms with Crippen molar-refractivity contribution >= 4 is 17.8 Å². The molecule has 2 atom stereocenters. The number of piperidine rings is 1. The van der Waals surface area contributed by atoms with Gasteiger partial charge in [-0.15, -0.1) is 0 Å². The summed E-state index contributed by atoms with van der Waals surface area (Å²) in [6.45, 7) is 2.30. The van der Waals surface area contributed by atoms with Gasteiger partial charge in [0, 0.05) is 25.4 Å². The average Bonchev–Trinajstić information content (AvgIpc) is 2.28. The first-order chi connectivity index (χ1) is 8.41. The summed E-state index contributed by atoms with van der Waals surface area (Å²) in [5.41, 5.74) is 5.26. The lowest BCUT2D eigenvalue weighted by molar-refractivity contribution is -0.138. The molecule has 3 N–H and O–H groups in total. The second kappa shape index (κ2) is 6.37. The topological polar surface area (TPSA) is 101 Å². The molecule has 0 saturated carbocycles. The summed E-state index contributed by atoms with van der Waals surface area (Å²) in [4.78, 5) is 35.1. The Hall–Kier alpha value is -1.59. The molecule has 1 fully saturated rings. The number of hydrogen-bond acceptors (Lipinski definition) is 3. The second-order valence-electron chi connectivity index (χ2n) is 4.82. The van der Waals surface area contributed by atoms with Gasteiger partial charge in [0.05, 0.1) is 5.92 Å². The van der Waals surface area contributed by atoms with Crippen LogP contribution in [0.3, 0.4) is 0 Å². The van der Waals surface area contributed by atoms with Crippen LogP contribution in [-0.2, 0) is 14.4 Å². The minimum Gasteiger partial charge on any atom is -0.481 e. The number of aliphatic carboxylic acids is 1. The molecular formula is C12H20N2O4. The van der Waals surface area contributed by atoms with Crippen molar-refractivity contribution in [3.05, 3.63) is 0 Å². The van der Waals surface area contributed by atoms with Crippen LogP contribution in [0.1, 0.15) is 39.0 Å². The van der Waals surface area contributed by atoms with Gasteiger partial charge in [0.15, 0.2) is 0 Å². The third-order valence-corrected chi connectivity index (χ3v) is 3.39. The fourth-order valence-electron chi connectivity index (χ4n) is 2.22. The van der Waals surface area contributed by atoms with Crippen LogP contribution in [0, 0.1) is 5.92 Å². The number of carbonyl (C=O) groups excluding carboxylic acids is 2. The van der Waals surface area contributed by atoms with Gasteiger partial charge in [-0.25, -0.2) is 0 Å². The number of rotatable bonds is 5. The van der Waals surface area contributed by atoms with Gasteiger partial charge in [-0.05, 0) is 26.2 Å². The third kappa shape index (κ3) is 4.01. The van der Waals surface area contributed by atoms with Gasteiger partial charge in [-0.3, -0.25) is 14.4 Å². The summed E-state index contributed by atoms with van der Waals surface area (Å²) < 4.78 is 0. The van der Waals surface area contributed by atoms with Gasteiger partial charge in [-0.1, -0.05) is 0 Å². The molecule has 0 radical (unpaired) electrons. The molecule has 0 aromatic rings. The van der Waals surface area contributed by atoms with Gasteiger partial charge in [0.1, 0.15) is 0 Å². The van der Waals surface area contributed by atoms with Gasteiger partial charge in [0.25, 0.3) is 0 Å². The molecule has 6 heteroatoms. The van der Waals surface area contributed by atoms with Crippen molar-refractivity contribution < 1.29 is 19.5 Å². The van der Waals surface area contributed by atoms with E-state index in [1.54, 1.807) is 4.90 Å². The Morgan fingerprint density at radius 2 is 1.94 bits per heavy atom. The first-order valence-electron chi connectivity index (χ1n) is 6.22. The van der Waals surface area contributed by atoms with Crippen molar-refractivity contribution in [2.24, 2.45) is 11.7 Å². The van der Waals surface area contributed by atoms with E-state index < -0.39 is 5.97 Å². The van der Waals surface area contributed by atoms with Crippen molar-refractivity contribution in [2.45, 2.75) is 45.1 Å². The van der Waals surface area contributed by atoms with Crippen LogP contribution in [0.2, 0.25) is 0 Å². The average molecular weight is 256 g/mol. The predicted molar refractivity (Wildman–Crippen MR) is 64.6 cm³/mol. The Kier molecular flexibility index (Phi) is 5.12. The zero-order valence-electron chi connectivity index (χ0n) is 10.6. The van der Waals surface area contributed by atoms with E-state index in [2.05, 4.69) is 0 Å². The third-order valence-electron chi connectivity index (χ3n) is 3.39. The van der Waals surface area contributed by atoms with Gasteiger partial charge < -0.3 is 15.7 Å². The number of likely N-dealkylation sites (tertiary alicyclic amines) is 1. The van der Waals surface area contributed by atoms with E-state index in [4.69, 9.17) is 10.8 Å². The number of hydrogen-bond donors (Lipinski definition) is 2. The highest BCUT2D eigenvalue weighted by atomic mass is 16.4. The van der Waals surface area contributed by atoms with Gasteiger partial charge >= 0.3 is 5.97 Å². The van der Waals surface area contributed by atoms with Crippen molar-refractivity contribution in [3.63, 3.8) is 0 Å². The smallest absolute Gasteiger partial charge is 0.303 e. The van der Waals surface area contributed by atoms with Crippen molar-refractivity contribution in [1.29, 1.82) is 0 Å². The molecule has 1 heterocycles. The zero-order valence-corrected chi connectivity index (χ0v) is 10.6. The second-order valence-corrected chi connectivity index (χ2v) is 4.82. The lowest BCUT2D eigenvalue weighted by atomic mass is 9.92. The summed E-state index contributed by atoms with van der Waals surface area (Å²) in [6, 6.07) is 0.0953. The number of carboxylic acids is 1. The van der Waals surface area contributed by atoms with E-state index >= 15 is 0 Å². The highest BCUT2D eigenvalue weighted by molar-refractivity contribution is 5.80. The van der Waals surface area contributed by atoms with Crippen LogP contribution >= 0.6 is 0 Å². The van der Waals surface area contributed by atoms with Crippen LogP contribution in [0.4, 0.5) is 0 Å². The molecule has 0 bridgehead atoms. The Morgan fingerprint density at radius 1 is 1.28 bits per heavy atom. The van der Waals surface area contributed by atoms with Crippen LogP contribution in [0.25, 0.3) is 0 Å². The van der Waals surface area contributed by atoms with Crippen molar-refractivity contribution in [3.8, 4) is 0 Å². The Bertz CT molecular complexity index is 343. The monoisotopic (exact) mass is 256 g/mol. The van der Waals surface area contributed by atoms with E-state index in [-0.39, 0.29) is 36.6 Å². The molecule has 0 aromatic carbocycles. The van der Waals surface area contributed by atoms with E-state index in [9.17, 15) is 14.4 Å². The molecule has 1 rings (SSSR count). The van der Waals surface area contributed by atoms with E-state index in [1.165, 1.54) is 0 Å². The molecule has 6 nitrogen and oxygen atoms in total. The molecule has 18 heavy (non-hydrogen) atoms. The number of primary amides is 1. The number of amides is 2. The molecule has 1 aliphatic heterocycles. The van der Waals surface area contributed by atoms with Crippen LogP contribution in [0.5, 0.6) is 0 Å². The maximum atomic E-state index is 11.9. The zero-order chi connectivity index (χ0) is 13.7. The summed E-state index contributed by atoms with van der Waals surface area (Å²) in [5, 5.41) is 8.52. The lowest BCUT2D eigenvalue weighted by Gasteiger charge is -2.37. The Morgan fingerprint density at radius 3 is 2.50 bits per heavy atom. The maximum Gasteiger partial charge on any atom is 0.303 e. The van der Waals surface area contributed by atoms with Crippen molar-refractivity contribution in [2.75, 3.05) is 6.54 Å². The number of nitrogens with zero attached hydrogens (tertiary/aromatic N) is 1. The van der Waals surface area contributed by atoms with E-state index in [0.717, 1.165) is 12.8 Å². The quantitative estimate of drug-likeness (QED) is 0.741. The van der Waals surface area contributed by atoms with Crippen LogP contribution < -0.4 is 5.73 Å². The summed E-state index contributed by atoms with van der Waals surface area (Å²) in [7, 11) is 0. The standard InChI is InChI=1S/C12H20N2O4/c1-8-5-6-9(12(13)18)7-14(8)10(15)3-2-4-11(16)17/h8-9H,2-7H2,1H3,(H2,13,18)(H,16,17). The van der Waals surface area contributed by atoms with Crippen LogP contribution in [-0.4, -0.2) is 40.4 Å². The first kappa shape index (κ1) is 14.5. The highest BCUT2D eigenvalue weighted by Gasteiger charge is 2.31.